The molecule has 2 heterocycles. The molecule has 4 amide bonds. The number of hydrogen-bond acceptors (Lipinski definition) is 8. The van der Waals surface area contributed by atoms with E-state index >= 15 is 0 Å². The van der Waals surface area contributed by atoms with E-state index in [2.05, 4.69) is 32.7 Å². The normalized spacial score (nSPS) is 29.4. The molecule has 6 atom stereocenters. The summed E-state index contributed by atoms with van der Waals surface area (Å²) in [5.74, 6) is -0.951. The molecule has 3 aliphatic carbocycles. The van der Waals surface area contributed by atoms with Crippen LogP contribution in [-0.4, -0.2) is 83.3 Å². The van der Waals surface area contributed by atoms with Gasteiger partial charge in [-0.15, -0.1) is 6.58 Å². The molecule has 44 heavy (non-hydrogen) atoms. The van der Waals surface area contributed by atoms with Crippen molar-refractivity contribution in [2.75, 3.05) is 13.1 Å². The second-order valence-corrected chi connectivity index (χ2v) is 14.2. The van der Waals surface area contributed by atoms with Gasteiger partial charge in [0.2, 0.25) is 5.91 Å². The van der Waals surface area contributed by atoms with Gasteiger partial charge in [0, 0.05) is 0 Å². The third-order valence-electron chi connectivity index (χ3n) is 9.67. The number of imide groups is 1. The minimum atomic E-state index is -1.26. The first-order valence-electron chi connectivity index (χ1n) is 15.4. The first kappa shape index (κ1) is 32.0. The fraction of sp³-hybridized carbons (Fsp3) is 0.625. The van der Waals surface area contributed by atoms with Crippen LogP contribution >= 0.6 is 0 Å². The highest BCUT2D eigenvalue weighted by molar-refractivity contribution is 6.48. The zero-order valence-corrected chi connectivity index (χ0v) is 26.5. The number of esters is 1. The van der Waals surface area contributed by atoms with Crippen LogP contribution in [0.4, 0.5) is 9.59 Å². The van der Waals surface area contributed by atoms with Crippen molar-refractivity contribution in [1.29, 1.82) is 0 Å². The third-order valence-corrected chi connectivity index (χ3v) is 9.67. The summed E-state index contributed by atoms with van der Waals surface area (Å²) in [4.78, 5) is 55.1. The van der Waals surface area contributed by atoms with E-state index in [0.29, 0.717) is 18.3 Å². The molecule has 5 aliphatic rings. The molecule has 238 valence electrons. The van der Waals surface area contributed by atoms with Gasteiger partial charge in [-0.25, -0.2) is 14.5 Å². The molecular weight excluding hydrogens is 565 g/mol. The third kappa shape index (κ3) is 6.11. The minimum Gasteiger partial charge on any atom is -0.459 e. The predicted molar refractivity (Wildman–Crippen MR) is 162 cm³/mol. The van der Waals surface area contributed by atoms with Crippen LogP contribution < -0.4 is 5.32 Å². The first-order chi connectivity index (χ1) is 20.6. The van der Waals surface area contributed by atoms with Crippen LogP contribution in [0.5, 0.6) is 0 Å². The van der Waals surface area contributed by atoms with Crippen LogP contribution in [-0.2, 0) is 35.0 Å². The first-order valence-corrected chi connectivity index (χ1v) is 15.4. The largest absolute Gasteiger partial charge is 0.482 e. The van der Waals surface area contributed by atoms with Gasteiger partial charge in [0.05, 0.1) is 24.2 Å². The monoisotopic (exact) mass is 609 g/mol. The molecule has 3 saturated carbocycles. The van der Waals surface area contributed by atoms with Gasteiger partial charge < -0.3 is 29.0 Å². The smallest absolute Gasteiger partial charge is 0.459 e. The standard InChI is InChI=1S/C32H44BN3O8/c1-8-12-25(33-43-24-16-21-15-23(31(21,5)6)32(24,7)44-33)34-27(38)22-17-35(18-26(37)42-30(2,3)4)28(39)36(22)29(40)41-19-20-13-10-9-11-14-20/h8-11,13-14,21-25H,1,12,15-19H2,2-7H3,(H,34,38)/t21?,22-,23?,24?,25-,32-/m0/s1. The lowest BCUT2D eigenvalue weighted by molar-refractivity contribution is -0.199. The van der Waals surface area contributed by atoms with E-state index in [1.54, 1.807) is 51.1 Å². The molecule has 1 N–H and O–H groups in total. The SMILES string of the molecule is C=CC[C@H](NC(=O)[C@@H]1CN(CC(=O)OC(C)(C)C)C(=O)N1C(=O)OCc1ccccc1)B1OC2CC3CC(C3(C)C)[C@]2(C)O1. The van der Waals surface area contributed by atoms with Gasteiger partial charge in [-0.2, -0.15) is 0 Å². The van der Waals surface area contributed by atoms with Gasteiger partial charge in [0.1, 0.15) is 24.8 Å². The Hall–Kier alpha value is -3.38. The van der Waals surface area contributed by atoms with Crippen LogP contribution in [0.25, 0.3) is 0 Å². The lowest BCUT2D eigenvalue weighted by Gasteiger charge is -2.64. The Morgan fingerprint density at radius 1 is 1.18 bits per heavy atom. The Morgan fingerprint density at radius 3 is 2.52 bits per heavy atom. The van der Waals surface area contributed by atoms with Crippen molar-refractivity contribution >= 4 is 31.1 Å². The quantitative estimate of drug-likeness (QED) is 0.252. The number of rotatable bonds is 9. The summed E-state index contributed by atoms with van der Waals surface area (Å²) < 4.78 is 23.8. The highest BCUT2D eigenvalue weighted by Gasteiger charge is 2.68. The highest BCUT2D eigenvalue weighted by Crippen LogP contribution is 2.65. The van der Waals surface area contributed by atoms with E-state index in [0.717, 1.165) is 28.2 Å². The summed E-state index contributed by atoms with van der Waals surface area (Å²) in [7, 11) is -0.726. The summed E-state index contributed by atoms with van der Waals surface area (Å²) in [6, 6.07) is 6.93. The van der Waals surface area contributed by atoms with Crippen molar-refractivity contribution in [3.8, 4) is 0 Å². The fourth-order valence-electron chi connectivity index (χ4n) is 7.28. The number of hydrogen-bond donors (Lipinski definition) is 1. The molecule has 0 aromatic heterocycles. The van der Waals surface area contributed by atoms with Crippen LogP contribution in [0.2, 0.25) is 0 Å². The molecule has 1 aromatic rings. The molecule has 3 unspecified atom stereocenters. The number of carbonyl (C=O) groups excluding carboxylic acids is 4. The van der Waals surface area contributed by atoms with Crippen LogP contribution in [0.15, 0.2) is 43.0 Å². The molecule has 11 nitrogen and oxygen atoms in total. The molecule has 0 spiro atoms. The molecule has 1 aromatic carbocycles. The van der Waals surface area contributed by atoms with Gasteiger partial charge in [-0.1, -0.05) is 50.3 Å². The van der Waals surface area contributed by atoms with Crippen molar-refractivity contribution in [2.45, 2.75) is 96.7 Å². The number of carbonyl (C=O) groups is 4. The lowest BCUT2D eigenvalue weighted by atomic mass is 9.43. The number of nitrogens with zero attached hydrogens (tertiary/aromatic N) is 2. The van der Waals surface area contributed by atoms with E-state index in [4.69, 9.17) is 18.8 Å². The summed E-state index contributed by atoms with van der Waals surface area (Å²) >= 11 is 0. The van der Waals surface area contributed by atoms with Crippen molar-refractivity contribution in [3.63, 3.8) is 0 Å². The number of urea groups is 1. The lowest BCUT2D eigenvalue weighted by Crippen LogP contribution is -2.65. The zero-order valence-electron chi connectivity index (χ0n) is 26.5. The minimum absolute atomic E-state index is 0.0877. The molecule has 2 aliphatic heterocycles. The Balaban J connectivity index is 1.32. The molecule has 2 saturated heterocycles. The molecule has 5 fully saturated rings. The van der Waals surface area contributed by atoms with E-state index < -0.39 is 60.8 Å². The summed E-state index contributed by atoms with van der Waals surface area (Å²) in [5, 5.41) is 2.96. The highest BCUT2D eigenvalue weighted by atomic mass is 16.7. The van der Waals surface area contributed by atoms with Crippen molar-refractivity contribution in [3.05, 3.63) is 48.6 Å². The Kier molecular flexibility index (Phi) is 8.63. The maximum Gasteiger partial charge on any atom is 0.482 e. The molecule has 0 radical (unpaired) electrons. The van der Waals surface area contributed by atoms with Crippen LogP contribution in [0.3, 0.4) is 0 Å². The Morgan fingerprint density at radius 2 is 1.89 bits per heavy atom. The molecule has 2 bridgehead atoms. The number of amides is 4. The maximum absolute atomic E-state index is 13.9. The maximum atomic E-state index is 13.9. The second-order valence-electron chi connectivity index (χ2n) is 14.2. The average molecular weight is 610 g/mol. The fourth-order valence-corrected chi connectivity index (χ4v) is 7.28. The average Bonchev–Trinajstić information content (AvgIpc) is 3.47. The summed E-state index contributed by atoms with van der Waals surface area (Å²) in [6.45, 7) is 14.9. The number of benzene rings is 1. The van der Waals surface area contributed by atoms with E-state index in [9.17, 15) is 19.2 Å². The molecule has 12 heteroatoms. The number of nitrogens with one attached hydrogen (secondary N) is 1. The van der Waals surface area contributed by atoms with Gasteiger partial charge >= 0.3 is 25.2 Å². The van der Waals surface area contributed by atoms with Crippen LogP contribution in [0, 0.1) is 17.3 Å². The summed E-state index contributed by atoms with van der Waals surface area (Å²) in [6.07, 6.45) is 2.93. The topological polar surface area (TPSA) is 124 Å². The van der Waals surface area contributed by atoms with Gasteiger partial charge in [-0.3, -0.25) is 9.59 Å². The number of ether oxygens (including phenoxy) is 2. The molecular formula is C32H44BN3O8. The van der Waals surface area contributed by atoms with E-state index in [-0.39, 0.29) is 24.7 Å². The molecule has 6 rings (SSSR count). The zero-order chi connectivity index (χ0) is 32.0. The van der Waals surface area contributed by atoms with Crippen molar-refractivity contribution < 1.29 is 38.0 Å². The Labute approximate surface area is 259 Å². The van der Waals surface area contributed by atoms with Gasteiger partial charge in [0.15, 0.2) is 0 Å². The Bertz CT molecular complexity index is 1300. The van der Waals surface area contributed by atoms with Gasteiger partial charge in [0.25, 0.3) is 0 Å². The van der Waals surface area contributed by atoms with Crippen molar-refractivity contribution in [1.82, 2.24) is 15.1 Å². The van der Waals surface area contributed by atoms with Crippen molar-refractivity contribution in [2.24, 2.45) is 17.3 Å². The summed E-state index contributed by atoms with van der Waals surface area (Å²) in [5.41, 5.74) is -0.373. The second kappa shape index (κ2) is 11.9. The van der Waals surface area contributed by atoms with Crippen LogP contribution in [0.1, 0.15) is 66.4 Å². The van der Waals surface area contributed by atoms with E-state index in [1.165, 1.54) is 0 Å². The van der Waals surface area contributed by atoms with Gasteiger partial charge in [-0.05, 0) is 69.8 Å². The predicted octanol–water partition coefficient (Wildman–Crippen LogP) is 4.10. The van der Waals surface area contributed by atoms with E-state index in [1.807, 2.05) is 6.07 Å².